The SMILES string of the molecule is CCCCCCCC(CCCCCCC)[C@@H]1CCN(C)C1. The van der Waals surface area contributed by atoms with Crippen molar-refractivity contribution in [2.45, 2.75) is 97.3 Å². The second-order valence-corrected chi connectivity index (χ2v) is 7.48. The minimum atomic E-state index is 1.01. The molecule has 21 heavy (non-hydrogen) atoms. The molecule has 0 N–H and O–H groups in total. The molecule has 0 bridgehead atoms. The maximum absolute atomic E-state index is 2.55. The Hall–Kier alpha value is -0.0400. The molecule has 1 fully saturated rings. The van der Waals surface area contributed by atoms with E-state index in [1.54, 1.807) is 0 Å². The largest absolute Gasteiger partial charge is 0.306 e. The second-order valence-electron chi connectivity index (χ2n) is 7.48. The zero-order valence-electron chi connectivity index (χ0n) is 15.2. The number of rotatable bonds is 13. The highest BCUT2D eigenvalue weighted by Gasteiger charge is 2.26. The Morgan fingerprint density at radius 3 is 1.76 bits per heavy atom. The zero-order chi connectivity index (χ0) is 15.3. The van der Waals surface area contributed by atoms with Crippen molar-refractivity contribution in [3.05, 3.63) is 0 Å². The Balaban J connectivity index is 2.21. The zero-order valence-corrected chi connectivity index (χ0v) is 15.2. The molecule has 126 valence electrons. The summed E-state index contributed by atoms with van der Waals surface area (Å²) in [6, 6.07) is 0. The van der Waals surface area contributed by atoms with Crippen LogP contribution in [0, 0.1) is 11.8 Å². The molecule has 1 nitrogen and oxygen atoms in total. The average molecular weight is 296 g/mol. The van der Waals surface area contributed by atoms with E-state index >= 15 is 0 Å². The van der Waals surface area contributed by atoms with Crippen LogP contribution in [0.1, 0.15) is 97.3 Å². The molecular weight excluding hydrogens is 254 g/mol. The maximum Gasteiger partial charge on any atom is 0.000973 e. The molecule has 0 aromatic carbocycles. The predicted octanol–water partition coefficient (Wildman–Crippen LogP) is 6.28. The minimum Gasteiger partial charge on any atom is -0.306 e. The third kappa shape index (κ3) is 8.86. The normalized spacial score (nSPS) is 19.7. The van der Waals surface area contributed by atoms with Gasteiger partial charge < -0.3 is 4.90 Å². The minimum absolute atomic E-state index is 1.01. The molecule has 0 saturated carbocycles. The Morgan fingerprint density at radius 2 is 1.33 bits per heavy atom. The number of nitrogens with zero attached hydrogens (tertiary/aromatic N) is 1. The second kappa shape index (κ2) is 12.5. The fourth-order valence-corrected chi connectivity index (χ4v) is 3.99. The van der Waals surface area contributed by atoms with Crippen molar-refractivity contribution in [2.75, 3.05) is 20.1 Å². The fraction of sp³-hybridized carbons (Fsp3) is 1.00. The molecule has 1 saturated heterocycles. The van der Waals surface area contributed by atoms with Crippen LogP contribution in [-0.4, -0.2) is 25.0 Å². The molecule has 1 rings (SSSR count). The lowest BCUT2D eigenvalue weighted by atomic mass is 9.83. The molecule has 1 aliphatic heterocycles. The summed E-state index contributed by atoms with van der Waals surface area (Å²) in [7, 11) is 2.31. The lowest BCUT2D eigenvalue weighted by Crippen LogP contribution is -2.20. The van der Waals surface area contributed by atoms with E-state index in [2.05, 4.69) is 25.8 Å². The van der Waals surface area contributed by atoms with Gasteiger partial charge in [0, 0.05) is 6.54 Å². The molecule has 1 heteroatoms. The summed E-state index contributed by atoms with van der Waals surface area (Å²) in [6.07, 6.45) is 18.9. The van der Waals surface area contributed by atoms with E-state index in [1.165, 1.54) is 96.6 Å². The summed E-state index contributed by atoms with van der Waals surface area (Å²) in [4.78, 5) is 2.55. The third-order valence-electron chi connectivity index (χ3n) is 5.45. The first kappa shape index (κ1) is 19.0. The summed E-state index contributed by atoms with van der Waals surface area (Å²) >= 11 is 0. The standard InChI is InChI=1S/C20H41N/c1-4-6-8-10-12-14-19(15-13-11-9-7-5-2)20-16-17-21(3)18-20/h19-20H,4-18H2,1-3H3/t20-/m1/s1. The van der Waals surface area contributed by atoms with Gasteiger partial charge in [0.25, 0.3) is 0 Å². The average Bonchev–Trinajstić information content (AvgIpc) is 2.91. The van der Waals surface area contributed by atoms with Gasteiger partial charge in [0.15, 0.2) is 0 Å². The van der Waals surface area contributed by atoms with Crippen molar-refractivity contribution in [1.29, 1.82) is 0 Å². The van der Waals surface area contributed by atoms with Gasteiger partial charge in [0.1, 0.15) is 0 Å². The molecule has 0 unspecified atom stereocenters. The van der Waals surface area contributed by atoms with Crippen molar-refractivity contribution >= 4 is 0 Å². The van der Waals surface area contributed by atoms with Gasteiger partial charge in [-0.1, -0.05) is 90.9 Å². The van der Waals surface area contributed by atoms with E-state index in [0.29, 0.717) is 0 Å². The number of hydrogen-bond donors (Lipinski definition) is 0. The van der Waals surface area contributed by atoms with Crippen LogP contribution in [0.3, 0.4) is 0 Å². The highest BCUT2D eigenvalue weighted by molar-refractivity contribution is 4.79. The third-order valence-corrected chi connectivity index (χ3v) is 5.45. The number of unbranched alkanes of at least 4 members (excludes halogenated alkanes) is 8. The summed E-state index contributed by atoms with van der Waals surface area (Å²) in [5.41, 5.74) is 0. The van der Waals surface area contributed by atoms with Crippen LogP contribution in [-0.2, 0) is 0 Å². The van der Waals surface area contributed by atoms with E-state index in [9.17, 15) is 0 Å². The van der Waals surface area contributed by atoms with Crippen molar-refractivity contribution in [1.82, 2.24) is 4.90 Å². The van der Waals surface area contributed by atoms with Gasteiger partial charge in [-0.25, -0.2) is 0 Å². The van der Waals surface area contributed by atoms with Crippen molar-refractivity contribution in [3.8, 4) is 0 Å². The Bertz CT molecular complexity index is 212. The monoisotopic (exact) mass is 295 g/mol. The Labute approximate surface area is 134 Å². The van der Waals surface area contributed by atoms with Crippen LogP contribution in [0.2, 0.25) is 0 Å². The molecule has 0 spiro atoms. The van der Waals surface area contributed by atoms with Gasteiger partial charge in [-0.05, 0) is 31.8 Å². The lowest BCUT2D eigenvalue weighted by Gasteiger charge is -2.24. The summed E-state index contributed by atoms with van der Waals surface area (Å²) in [5.74, 6) is 2.03. The first-order chi connectivity index (χ1) is 10.3. The molecule has 1 atom stereocenters. The fourth-order valence-electron chi connectivity index (χ4n) is 3.99. The van der Waals surface area contributed by atoms with Crippen molar-refractivity contribution < 1.29 is 0 Å². The molecule has 0 aromatic heterocycles. The van der Waals surface area contributed by atoms with Crippen LogP contribution in [0.25, 0.3) is 0 Å². The molecular formula is C20H41N. The van der Waals surface area contributed by atoms with Crippen LogP contribution >= 0.6 is 0 Å². The van der Waals surface area contributed by atoms with Gasteiger partial charge in [0.05, 0.1) is 0 Å². The van der Waals surface area contributed by atoms with E-state index in [-0.39, 0.29) is 0 Å². The maximum atomic E-state index is 2.55. The molecule has 1 heterocycles. The summed E-state index contributed by atoms with van der Waals surface area (Å²) in [5, 5.41) is 0. The lowest BCUT2D eigenvalue weighted by molar-refractivity contribution is 0.273. The molecule has 0 radical (unpaired) electrons. The van der Waals surface area contributed by atoms with Gasteiger partial charge in [-0.3, -0.25) is 0 Å². The van der Waals surface area contributed by atoms with Crippen molar-refractivity contribution in [3.63, 3.8) is 0 Å². The Morgan fingerprint density at radius 1 is 0.810 bits per heavy atom. The molecule has 0 aromatic rings. The Kier molecular flexibility index (Phi) is 11.3. The van der Waals surface area contributed by atoms with Crippen LogP contribution in [0.5, 0.6) is 0 Å². The highest BCUT2D eigenvalue weighted by Crippen LogP contribution is 2.31. The smallest absolute Gasteiger partial charge is 0.000973 e. The van der Waals surface area contributed by atoms with E-state index in [0.717, 1.165) is 11.8 Å². The summed E-state index contributed by atoms with van der Waals surface area (Å²) in [6.45, 7) is 7.34. The van der Waals surface area contributed by atoms with Gasteiger partial charge in [0.2, 0.25) is 0 Å². The molecule has 0 amide bonds. The topological polar surface area (TPSA) is 3.24 Å². The molecule has 0 aliphatic carbocycles. The van der Waals surface area contributed by atoms with E-state index in [1.807, 2.05) is 0 Å². The number of likely N-dealkylation sites (tertiary alicyclic amines) is 1. The van der Waals surface area contributed by atoms with Gasteiger partial charge >= 0.3 is 0 Å². The van der Waals surface area contributed by atoms with Crippen LogP contribution < -0.4 is 0 Å². The highest BCUT2D eigenvalue weighted by atomic mass is 15.1. The number of hydrogen-bond acceptors (Lipinski definition) is 1. The quantitative estimate of drug-likeness (QED) is 0.362. The van der Waals surface area contributed by atoms with Crippen LogP contribution in [0.15, 0.2) is 0 Å². The molecule has 1 aliphatic rings. The van der Waals surface area contributed by atoms with Gasteiger partial charge in [-0.2, -0.15) is 0 Å². The van der Waals surface area contributed by atoms with Crippen LogP contribution in [0.4, 0.5) is 0 Å². The first-order valence-corrected chi connectivity index (χ1v) is 9.96. The predicted molar refractivity (Wildman–Crippen MR) is 95.8 cm³/mol. The first-order valence-electron chi connectivity index (χ1n) is 9.96. The summed E-state index contributed by atoms with van der Waals surface area (Å²) < 4.78 is 0. The van der Waals surface area contributed by atoms with E-state index < -0.39 is 0 Å². The van der Waals surface area contributed by atoms with Crippen molar-refractivity contribution in [2.24, 2.45) is 11.8 Å². The van der Waals surface area contributed by atoms with Gasteiger partial charge in [-0.15, -0.1) is 0 Å². The van der Waals surface area contributed by atoms with E-state index in [4.69, 9.17) is 0 Å².